The number of nitrogens with one attached hydrogen (secondary N) is 2. The highest BCUT2D eigenvalue weighted by molar-refractivity contribution is 6.02. The quantitative estimate of drug-likeness (QED) is 0.766. The summed E-state index contributed by atoms with van der Waals surface area (Å²) in [5.74, 6) is -0.322. The summed E-state index contributed by atoms with van der Waals surface area (Å²) in [5.41, 5.74) is 0.839. The van der Waals surface area contributed by atoms with Crippen LogP contribution in [-0.4, -0.2) is 43.5 Å². The number of hydrogen-bond donors (Lipinski definition) is 2. The Bertz CT molecular complexity index is 786. The summed E-state index contributed by atoms with van der Waals surface area (Å²) in [5, 5.41) is 5.90. The second-order valence-electron chi connectivity index (χ2n) is 8.07. The lowest BCUT2D eigenvalue weighted by Gasteiger charge is -2.37. The van der Waals surface area contributed by atoms with Crippen molar-refractivity contribution in [3.63, 3.8) is 0 Å². The van der Waals surface area contributed by atoms with E-state index in [0.717, 1.165) is 24.8 Å². The van der Waals surface area contributed by atoms with E-state index in [4.69, 9.17) is 4.74 Å². The van der Waals surface area contributed by atoms with Crippen LogP contribution in [0, 0.1) is 12.8 Å². The van der Waals surface area contributed by atoms with E-state index in [1.807, 2.05) is 32.0 Å². The van der Waals surface area contributed by atoms with E-state index in [1.165, 1.54) is 0 Å². The van der Waals surface area contributed by atoms with Gasteiger partial charge in [0.25, 0.3) is 0 Å². The molecule has 3 rings (SSSR count). The number of nitrogens with zero attached hydrogens (tertiary/aromatic N) is 1. The number of rotatable bonds is 6. The van der Waals surface area contributed by atoms with Crippen LogP contribution >= 0.6 is 0 Å². The molecule has 158 valence electrons. The first-order chi connectivity index (χ1) is 13.9. The van der Waals surface area contributed by atoms with Crippen molar-refractivity contribution in [2.45, 2.75) is 57.9 Å². The van der Waals surface area contributed by atoms with Gasteiger partial charge in [0.1, 0.15) is 11.3 Å². The van der Waals surface area contributed by atoms with Crippen LogP contribution in [0.15, 0.2) is 18.2 Å². The molecule has 1 saturated heterocycles. The number of aryl methyl sites for hydroxylation is 1. The van der Waals surface area contributed by atoms with Crippen molar-refractivity contribution in [2.24, 2.45) is 5.92 Å². The van der Waals surface area contributed by atoms with Gasteiger partial charge in [-0.15, -0.1) is 0 Å². The second-order valence-corrected chi connectivity index (χ2v) is 8.07. The standard InChI is InChI=1S/C22H31N3O4/c1-4-23-21(28)22(10-6-5-7-11-22)24-20(27)16-13-19(26)25(14-16)17-12-15(2)8-9-18(17)29-3/h8-9,12,16H,4-7,10-11,13-14H2,1-3H3,(H,23,28)(H,24,27). The molecular weight excluding hydrogens is 370 g/mol. The van der Waals surface area contributed by atoms with Gasteiger partial charge in [-0.05, 0) is 44.4 Å². The smallest absolute Gasteiger partial charge is 0.245 e. The summed E-state index contributed by atoms with van der Waals surface area (Å²) in [7, 11) is 1.57. The average molecular weight is 402 g/mol. The average Bonchev–Trinajstić information content (AvgIpc) is 3.10. The first-order valence-electron chi connectivity index (χ1n) is 10.5. The van der Waals surface area contributed by atoms with Gasteiger partial charge in [-0.2, -0.15) is 0 Å². The van der Waals surface area contributed by atoms with Crippen molar-refractivity contribution < 1.29 is 19.1 Å². The highest BCUT2D eigenvalue weighted by Crippen LogP contribution is 2.35. The molecule has 2 fully saturated rings. The molecule has 2 aliphatic rings. The number of methoxy groups -OCH3 is 1. The molecule has 1 unspecified atom stereocenters. The summed E-state index contributed by atoms with van der Waals surface area (Å²) in [6, 6.07) is 5.65. The van der Waals surface area contributed by atoms with Gasteiger partial charge in [-0.25, -0.2) is 0 Å². The molecule has 0 spiro atoms. The molecular formula is C22H31N3O4. The number of hydrogen-bond acceptors (Lipinski definition) is 4. The number of ether oxygens (including phenoxy) is 1. The Labute approximate surface area is 172 Å². The van der Waals surface area contributed by atoms with Crippen LogP contribution in [0.1, 0.15) is 51.0 Å². The highest BCUT2D eigenvalue weighted by Gasteiger charge is 2.44. The molecule has 0 radical (unpaired) electrons. The van der Waals surface area contributed by atoms with E-state index in [1.54, 1.807) is 12.0 Å². The molecule has 0 bridgehead atoms. The fourth-order valence-electron chi connectivity index (χ4n) is 4.36. The molecule has 1 aliphatic carbocycles. The van der Waals surface area contributed by atoms with Gasteiger partial charge < -0.3 is 20.3 Å². The van der Waals surface area contributed by atoms with E-state index in [0.29, 0.717) is 30.8 Å². The lowest BCUT2D eigenvalue weighted by molar-refractivity contribution is -0.136. The Kier molecular flexibility index (Phi) is 6.45. The van der Waals surface area contributed by atoms with Crippen molar-refractivity contribution in [2.75, 3.05) is 25.1 Å². The molecule has 1 atom stereocenters. The van der Waals surface area contributed by atoms with Gasteiger partial charge in [-0.1, -0.05) is 25.3 Å². The fourth-order valence-corrected chi connectivity index (χ4v) is 4.36. The third kappa shape index (κ3) is 4.38. The predicted molar refractivity (Wildman–Crippen MR) is 111 cm³/mol. The summed E-state index contributed by atoms with van der Waals surface area (Å²) < 4.78 is 5.41. The van der Waals surface area contributed by atoms with Gasteiger partial charge in [-0.3, -0.25) is 14.4 Å². The number of benzene rings is 1. The van der Waals surface area contributed by atoms with Crippen LogP contribution in [0.2, 0.25) is 0 Å². The fraction of sp³-hybridized carbons (Fsp3) is 0.591. The number of carbonyl (C=O) groups excluding carboxylic acids is 3. The Morgan fingerprint density at radius 3 is 2.62 bits per heavy atom. The maximum atomic E-state index is 13.1. The van der Waals surface area contributed by atoms with Gasteiger partial charge in [0.2, 0.25) is 17.7 Å². The maximum Gasteiger partial charge on any atom is 0.245 e. The Balaban J connectivity index is 1.76. The van der Waals surface area contributed by atoms with Crippen molar-refractivity contribution >= 4 is 23.4 Å². The Morgan fingerprint density at radius 1 is 1.24 bits per heavy atom. The number of likely N-dealkylation sites (N-methyl/N-ethyl adjacent to an activating group) is 1. The monoisotopic (exact) mass is 401 g/mol. The van der Waals surface area contributed by atoms with Gasteiger partial charge in [0.15, 0.2) is 0 Å². The van der Waals surface area contributed by atoms with Crippen molar-refractivity contribution in [3.8, 4) is 5.75 Å². The number of amides is 3. The number of carbonyl (C=O) groups is 3. The molecule has 1 aromatic carbocycles. The normalized spacial score (nSPS) is 21.0. The van der Waals surface area contributed by atoms with Crippen LogP contribution in [0.3, 0.4) is 0 Å². The molecule has 1 saturated carbocycles. The minimum Gasteiger partial charge on any atom is -0.495 e. The van der Waals surface area contributed by atoms with Crippen molar-refractivity contribution in [3.05, 3.63) is 23.8 Å². The lowest BCUT2D eigenvalue weighted by atomic mass is 9.80. The molecule has 7 heteroatoms. The van der Waals surface area contributed by atoms with Crippen molar-refractivity contribution in [1.82, 2.24) is 10.6 Å². The molecule has 1 aliphatic heterocycles. The second kappa shape index (κ2) is 8.84. The van der Waals surface area contributed by atoms with E-state index < -0.39 is 11.5 Å². The highest BCUT2D eigenvalue weighted by atomic mass is 16.5. The minimum absolute atomic E-state index is 0.107. The van der Waals surface area contributed by atoms with Gasteiger partial charge in [0.05, 0.1) is 18.7 Å². The Morgan fingerprint density at radius 2 is 1.97 bits per heavy atom. The summed E-state index contributed by atoms with van der Waals surface area (Å²) >= 11 is 0. The third-order valence-corrected chi connectivity index (χ3v) is 5.96. The van der Waals surface area contributed by atoms with E-state index >= 15 is 0 Å². The van der Waals surface area contributed by atoms with Gasteiger partial charge in [0, 0.05) is 19.5 Å². The molecule has 0 aromatic heterocycles. The van der Waals surface area contributed by atoms with Crippen LogP contribution in [0.25, 0.3) is 0 Å². The topological polar surface area (TPSA) is 87.7 Å². The minimum atomic E-state index is -0.858. The molecule has 3 amide bonds. The van der Waals surface area contributed by atoms with Crippen LogP contribution < -0.4 is 20.3 Å². The van der Waals surface area contributed by atoms with Crippen LogP contribution in [0.5, 0.6) is 5.75 Å². The zero-order valence-electron chi connectivity index (χ0n) is 17.5. The van der Waals surface area contributed by atoms with Crippen LogP contribution in [0.4, 0.5) is 5.69 Å². The SMILES string of the molecule is CCNC(=O)C1(NC(=O)C2CC(=O)N(c3cc(C)ccc3OC)C2)CCCCC1. The number of anilines is 1. The van der Waals surface area contributed by atoms with Crippen molar-refractivity contribution in [1.29, 1.82) is 0 Å². The predicted octanol–water partition coefficient (Wildman–Crippen LogP) is 2.31. The maximum absolute atomic E-state index is 13.1. The zero-order chi connectivity index (χ0) is 21.0. The summed E-state index contributed by atoms with van der Waals surface area (Å²) in [6.45, 7) is 4.64. The molecule has 7 nitrogen and oxygen atoms in total. The summed E-state index contributed by atoms with van der Waals surface area (Å²) in [4.78, 5) is 40.1. The van der Waals surface area contributed by atoms with E-state index in [-0.39, 0.29) is 30.7 Å². The molecule has 2 N–H and O–H groups in total. The molecule has 1 heterocycles. The summed E-state index contributed by atoms with van der Waals surface area (Å²) in [6.07, 6.45) is 4.30. The molecule has 29 heavy (non-hydrogen) atoms. The largest absolute Gasteiger partial charge is 0.495 e. The van der Waals surface area contributed by atoms with Gasteiger partial charge >= 0.3 is 0 Å². The Hall–Kier alpha value is -2.57. The first-order valence-corrected chi connectivity index (χ1v) is 10.5. The first kappa shape index (κ1) is 21.1. The zero-order valence-corrected chi connectivity index (χ0v) is 17.5. The third-order valence-electron chi connectivity index (χ3n) is 5.96. The van der Waals surface area contributed by atoms with E-state index in [2.05, 4.69) is 10.6 Å². The lowest BCUT2D eigenvalue weighted by Crippen LogP contribution is -2.60. The van der Waals surface area contributed by atoms with Crippen LogP contribution in [-0.2, 0) is 14.4 Å². The molecule has 1 aromatic rings. The van der Waals surface area contributed by atoms with E-state index in [9.17, 15) is 14.4 Å².